The van der Waals surface area contributed by atoms with Gasteiger partial charge in [-0.25, -0.2) is 0 Å². The van der Waals surface area contributed by atoms with Crippen molar-refractivity contribution < 1.29 is 18.0 Å². The summed E-state index contributed by atoms with van der Waals surface area (Å²) in [6.07, 6.45) is -2.41. The van der Waals surface area contributed by atoms with Crippen LogP contribution in [0.2, 0.25) is 0 Å². The van der Waals surface area contributed by atoms with Crippen LogP contribution in [0, 0.1) is 11.3 Å². The third-order valence-electron chi connectivity index (χ3n) is 4.05. The lowest BCUT2D eigenvalue weighted by Crippen LogP contribution is -2.49. The molecule has 0 spiro atoms. The van der Waals surface area contributed by atoms with E-state index >= 15 is 0 Å². The minimum absolute atomic E-state index is 0.0601. The van der Waals surface area contributed by atoms with Crippen LogP contribution in [0.1, 0.15) is 52.9 Å². The second-order valence-electron chi connectivity index (χ2n) is 6.78. The number of nitrogens with two attached hydrogens (primary N) is 1. The molecule has 0 aliphatic heterocycles. The summed E-state index contributed by atoms with van der Waals surface area (Å²) in [5.74, 6) is -1.81. The van der Waals surface area contributed by atoms with Crippen LogP contribution in [0.15, 0.2) is 0 Å². The van der Waals surface area contributed by atoms with E-state index in [2.05, 4.69) is 5.32 Å². The molecule has 0 radical (unpaired) electrons. The van der Waals surface area contributed by atoms with Gasteiger partial charge in [0.2, 0.25) is 5.91 Å². The number of carbonyl (C=O) groups excluding carboxylic acids is 1. The van der Waals surface area contributed by atoms with Gasteiger partial charge in [-0.05, 0) is 18.3 Å². The van der Waals surface area contributed by atoms with E-state index in [1.807, 2.05) is 20.8 Å². The molecule has 0 heterocycles. The van der Waals surface area contributed by atoms with Crippen LogP contribution in [0.25, 0.3) is 0 Å². The van der Waals surface area contributed by atoms with E-state index in [-0.39, 0.29) is 30.2 Å². The number of alkyl halides is 3. The molecule has 0 aromatic heterocycles. The first-order valence-corrected chi connectivity index (χ1v) is 7.13. The number of amides is 1. The zero-order valence-electron chi connectivity index (χ0n) is 12.4. The molecule has 1 rings (SSSR count). The van der Waals surface area contributed by atoms with Crippen molar-refractivity contribution in [3.05, 3.63) is 0 Å². The van der Waals surface area contributed by atoms with Gasteiger partial charge in [0, 0.05) is 18.5 Å². The van der Waals surface area contributed by atoms with Crippen molar-refractivity contribution in [3.8, 4) is 0 Å². The molecule has 6 heteroatoms. The maximum atomic E-state index is 12.9. The molecule has 1 saturated carbocycles. The van der Waals surface area contributed by atoms with Crippen LogP contribution in [-0.4, -0.2) is 24.2 Å². The van der Waals surface area contributed by atoms with E-state index in [0.717, 1.165) is 6.42 Å². The zero-order chi connectivity index (χ0) is 15.6. The molecule has 1 amide bonds. The minimum atomic E-state index is -4.25. The quantitative estimate of drug-likeness (QED) is 0.840. The number of nitrogens with one attached hydrogen (secondary N) is 1. The van der Waals surface area contributed by atoms with Crippen LogP contribution >= 0.6 is 0 Å². The molecule has 0 saturated heterocycles. The Morgan fingerprint density at radius 3 is 2.30 bits per heavy atom. The monoisotopic (exact) mass is 294 g/mol. The Bertz CT molecular complexity index is 336. The number of hydrogen-bond donors (Lipinski definition) is 2. The molecule has 118 valence electrons. The van der Waals surface area contributed by atoms with Gasteiger partial charge < -0.3 is 11.1 Å². The van der Waals surface area contributed by atoms with Crippen molar-refractivity contribution >= 4 is 5.91 Å². The second-order valence-corrected chi connectivity index (χ2v) is 6.78. The standard InChI is InChI=1S/C14H25F3N2O/c1-13(2,3)11(18)8-12(20)19-10-7-5-4-6-9(10)14(15,16)17/h9-11H,4-8,18H2,1-3H3,(H,19,20). The molecule has 1 fully saturated rings. The highest BCUT2D eigenvalue weighted by Crippen LogP contribution is 2.37. The molecule has 3 N–H and O–H groups in total. The average molecular weight is 294 g/mol. The van der Waals surface area contributed by atoms with Gasteiger partial charge in [0.05, 0.1) is 5.92 Å². The Kier molecular flexibility index (Phi) is 5.46. The summed E-state index contributed by atoms with van der Waals surface area (Å²) in [6.45, 7) is 5.72. The van der Waals surface area contributed by atoms with Crippen molar-refractivity contribution in [1.82, 2.24) is 5.32 Å². The molecule has 3 atom stereocenters. The fourth-order valence-electron chi connectivity index (χ4n) is 2.47. The van der Waals surface area contributed by atoms with Crippen molar-refractivity contribution in [2.24, 2.45) is 17.1 Å². The number of hydrogen-bond acceptors (Lipinski definition) is 2. The summed E-state index contributed by atoms with van der Waals surface area (Å²) < 4.78 is 38.8. The van der Waals surface area contributed by atoms with Crippen molar-refractivity contribution in [2.75, 3.05) is 0 Å². The van der Waals surface area contributed by atoms with E-state index in [9.17, 15) is 18.0 Å². The maximum Gasteiger partial charge on any atom is 0.393 e. The highest BCUT2D eigenvalue weighted by Gasteiger charge is 2.46. The highest BCUT2D eigenvalue weighted by molar-refractivity contribution is 5.77. The summed E-state index contributed by atoms with van der Waals surface area (Å²) >= 11 is 0. The molecule has 3 unspecified atom stereocenters. The lowest BCUT2D eigenvalue weighted by molar-refractivity contribution is -0.189. The van der Waals surface area contributed by atoms with Crippen LogP contribution < -0.4 is 11.1 Å². The van der Waals surface area contributed by atoms with Crippen molar-refractivity contribution in [1.29, 1.82) is 0 Å². The van der Waals surface area contributed by atoms with Crippen LogP contribution in [0.5, 0.6) is 0 Å². The first kappa shape index (κ1) is 17.3. The van der Waals surface area contributed by atoms with Crippen molar-refractivity contribution in [2.45, 2.75) is 71.1 Å². The number of carbonyl (C=O) groups is 1. The predicted molar refractivity (Wildman–Crippen MR) is 72.0 cm³/mol. The topological polar surface area (TPSA) is 55.1 Å². The molecular formula is C14H25F3N2O. The van der Waals surface area contributed by atoms with Gasteiger partial charge in [0.15, 0.2) is 0 Å². The second kappa shape index (κ2) is 6.33. The molecule has 0 aromatic carbocycles. The summed E-state index contributed by atoms with van der Waals surface area (Å²) in [4.78, 5) is 11.9. The summed E-state index contributed by atoms with van der Waals surface area (Å²) in [6, 6.07) is -1.17. The smallest absolute Gasteiger partial charge is 0.353 e. The zero-order valence-corrected chi connectivity index (χ0v) is 12.4. The van der Waals surface area contributed by atoms with Gasteiger partial charge in [-0.2, -0.15) is 13.2 Å². The minimum Gasteiger partial charge on any atom is -0.353 e. The third kappa shape index (κ3) is 4.96. The van der Waals surface area contributed by atoms with E-state index in [1.165, 1.54) is 0 Å². The first-order valence-electron chi connectivity index (χ1n) is 7.13. The molecule has 1 aliphatic rings. The Morgan fingerprint density at radius 2 is 1.80 bits per heavy atom. The van der Waals surface area contributed by atoms with E-state index < -0.39 is 18.1 Å². The fourth-order valence-corrected chi connectivity index (χ4v) is 2.47. The van der Waals surface area contributed by atoms with E-state index in [0.29, 0.717) is 12.8 Å². The Morgan fingerprint density at radius 1 is 1.25 bits per heavy atom. The van der Waals surface area contributed by atoms with Crippen LogP contribution in [-0.2, 0) is 4.79 Å². The Balaban J connectivity index is 2.59. The van der Waals surface area contributed by atoms with Gasteiger partial charge >= 0.3 is 6.18 Å². The summed E-state index contributed by atoms with van der Waals surface area (Å²) in [7, 11) is 0. The molecular weight excluding hydrogens is 269 g/mol. The maximum absolute atomic E-state index is 12.9. The molecule has 1 aliphatic carbocycles. The van der Waals surface area contributed by atoms with Crippen LogP contribution in [0.4, 0.5) is 13.2 Å². The SMILES string of the molecule is CC(C)(C)C(N)CC(=O)NC1CCCCC1C(F)(F)F. The summed E-state index contributed by atoms with van der Waals surface area (Å²) in [5.41, 5.74) is 5.65. The lowest BCUT2D eigenvalue weighted by atomic mass is 9.83. The largest absolute Gasteiger partial charge is 0.393 e. The molecule has 0 aromatic rings. The van der Waals surface area contributed by atoms with Gasteiger partial charge in [-0.1, -0.05) is 33.6 Å². The number of rotatable bonds is 3. The normalized spacial score (nSPS) is 26.1. The van der Waals surface area contributed by atoms with Crippen molar-refractivity contribution in [3.63, 3.8) is 0 Å². The fraction of sp³-hybridized carbons (Fsp3) is 0.929. The van der Waals surface area contributed by atoms with Crippen LogP contribution in [0.3, 0.4) is 0 Å². The van der Waals surface area contributed by atoms with E-state index in [1.54, 1.807) is 0 Å². The van der Waals surface area contributed by atoms with Gasteiger partial charge in [0.25, 0.3) is 0 Å². The average Bonchev–Trinajstić information content (AvgIpc) is 2.26. The number of halogens is 3. The highest BCUT2D eigenvalue weighted by atomic mass is 19.4. The third-order valence-corrected chi connectivity index (χ3v) is 4.05. The summed E-state index contributed by atoms with van der Waals surface area (Å²) in [5, 5.41) is 2.54. The first-order chi connectivity index (χ1) is 9.01. The molecule has 3 nitrogen and oxygen atoms in total. The Hall–Kier alpha value is -0.780. The lowest BCUT2D eigenvalue weighted by Gasteiger charge is -2.34. The molecule has 0 bridgehead atoms. The molecule has 20 heavy (non-hydrogen) atoms. The Labute approximate surface area is 118 Å². The van der Waals surface area contributed by atoms with Gasteiger partial charge in [0.1, 0.15) is 0 Å². The van der Waals surface area contributed by atoms with E-state index in [4.69, 9.17) is 5.73 Å². The van der Waals surface area contributed by atoms with Gasteiger partial charge in [-0.15, -0.1) is 0 Å². The van der Waals surface area contributed by atoms with Gasteiger partial charge in [-0.3, -0.25) is 4.79 Å². The predicted octanol–water partition coefficient (Wildman–Crippen LogP) is 2.99.